The molecule has 0 saturated heterocycles. The Labute approximate surface area is 237 Å². The molecule has 41 heavy (non-hydrogen) atoms. The highest BCUT2D eigenvalue weighted by Crippen LogP contribution is 2.39. The van der Waals surface area contributed by atoms with Crippen LogP contribution in [0.5, 0.6) is 23.4 Å². The third-order valence-electron chi connectivity index (χ3n) is 5.00. The number of nitriles is 1. The number of halogens is 1. The summed E-state index contributed by atoms with van der Waals surface area (Å²) in [6, 6.07) is 8.73. The van der Waals surface area contributed by atoms with Gasteiger partial charge < -0.3 is 29.5 Å². The number of carboxylic acids is 1. The molecule has 15 nitrogen and oxygen atoms in total. The molecule has 0 saturated carbocycles. The second-order valence-corrected chi connectivity index (χ2v) is 8.54. The third-order valence-corrected chi connectivity index (χ3v) is 5.31. The number of rotatable bonds is 11. The van der Waals surface area contributed by atoms with Crippen molar-refractivity contribution in [2.45, 2.75) is 6.92 Å². The van der Waals surface area contributed by atoms with Crippen molar-refractivity contribution in [2.24, 2.45) is 0 Å². The van der Waals surface area contributed by atoms with Gasteiger partial charge in [0.2, 0.25) is 5.82 Å². The highest BCUT2D eigenvalue weighted by Gasteiger charge is 2.29. The number of amides is 1. The largest absolute Gasteiger partial charge is 0.478 e. The van der Waals surface area contributed by atoms with E-state index in [4.69, 9.17) is 25.8 Å². The minimum absolute atomic E-state index is 0.0513. The number of nitrogens with zero attached hydrogens (tertiary/aromatic N) is 5. The van der Waals surface area contributed by atoms with Crippen molar-refractivity contribution >= 4 is 41.0 Å². The van der Waals surface area contributed by atoms with Gasteiger partial charge in [0.25, 0.3) is 5.91 Å². The van der Waals surface area contributed by atoms with Crippen LogP contribution >= 0.6 is 11.6 Å². The zero-order valence-electron chi connectivity index (χ0n) is 21.7. The van der Waals surface area contributed by atoms with Crippen LogP contribution in [-0.4, -0.2) is 70.0 Å². The first-order chi connectivity index (χ1) is 19.4. The van der Waals surface area contributed by atoms with Crippen molar-refractivity contribution in [2.75, 3.05) is 32.6 Å². The zero-order valence-corrected chi connectivity index (χ0v) is 22.5. The molecule has 212 valence electrons. The molecule has 0 fully saturated rings. The number of esters is 1. The highest BCUT2D eigenvalue weighted by molar-refractivity contribution is 6.32. The van der Waals surface area contributed by atoms with Crippen LogP contribution in [0.3, 0.4) is 0 Å². The molecule has 2 aromatic carbocycles. The number of hydrogen-bond acceptors (Lipinski definition) is 12. The first kappa shape index (κ1) is 30.1. The van der Waals surface area contributed by atoms with Gasteiger partial charge in [-0.25, -0.2) is 4.79 Å². The van der Waals surface area contributed by atoms with Gasteiger partial charge in [-0.2, -0.15) is 15.2 Å². The Bertz CT molecular complexity index is 1570. The Balaban J connectivity index is 2.17. The number of carbonyl (C=O) groups is 3. The Morgan fingerprint density at radius 3 is 2.46 bits per heavy atom. The van der Waals surface area contributed by atoms with E-state index in [1.54, 1.807) is 6.92 Å². The molecule has 1 heterocycles. The van der Waals surface area contributed by atoms with Crippen molar-refractivity contribution < 1.29 is 38.6 Å². The van der Waals surface area contributed by atoms with Crippen molar-refractivity contribution in [3.8, 4) is 29.5 Å². The fourth-order valence-corrected chi connectivity index (χ4v) is 3.37. The van der Waals surface area contributed by atoms with Crippen LogP contribution in [0.15, 0.2) is 36.4 Å². The van der Waals surface area contributed by atoms with E-state index in [1.165, 1.54) is 43.3 Å². The number of nitro groups is 1. The molecule has 0 unspecified atom stereocenters. The highest BCUT2D eigenvalue weighted by atomic mass is 35.5. The summed E-state index contributed by atoms with van der Waals surface area (Å²) in [5, 5.41) is 33.3. The topological polar surface area (TPSA) is 207 Å². The minimum Gasteiger partial charge on any atom is -0.478 e. The number of anilines is 1. The Kier molecular flexibility index (Phi) is 9.56. The van der Waals surface area contributed by atoms with E-state index in [0.717, 1.165) is 12.1 Å². The average molecular weight is 585 g/mol. The molecule has 1 amide bonds. The van der Waals surface area contributed by atoms with E-state index >= 15 is 0 Å². The fourth-order valence-electron chi connectivity index (χ4n) is 3.21. The van der Waals surface area contributed by atoms with E-state index in [1.807, 2.05) is 6.07 Å². The lowest BCUT2D eigenvalue weighted by Crippen LogP contribution is -2.22. The standard InChI is InChI=1S/C25H21ClN6O9/c1-4-39-19(33)12-28-21-20(32(37)38)22(30-25(29-21)41-18-7-13(11-27)5-6-17(18)26)40-16-9-14(23(34)31(2)3)8-15(10-16)24(35)36/h5-10H,4,12H2,1-3H3,(H,35,36)(H,28,29,30). The molecule has 1 aromatic heterocycles. The number of nitrogens with one attached hydrogen (secondary N) is 1. The summed E-state index contributed by atoms with van der Waals surface area (Å²) in [6.07, 6.45) is 0. The Morgan fingerprint density at radius 2 is 1.85 bits per heavy atom. The lowest BCUT2D eigenvalue weighted by atomic mass is 10.1. The molecule has 16 heteroatoms. The number of hydrogen-bond donors (Lipinski definition) is 2. The smallest absolute Gasteiger partial charge is 0.373 e. The maximum absolute atomic E-state index is 12.5. The van der Waals surface area contributed by atoms with Gasteiger partial charge in [0.15, 0.2) is 5.75 Å². The number of aromatic nitrogens is 2. The molecule has 3 aromatic rings. The molecular weight excluding hydrogens is 564 g/mol. The van der Waals surface area contributed by atoms with Gasteiger partial charge in [-0.05, 0) is 37.3 Å². The van der Waals surface area contributed by atoms with Gasteiger partial charge >= 0.3 is 29.5 Å². The molecular formula is C25H21ClN6O9. The van der Waals surface area contributed by atoms with Crippen molar-refractivity contribution in [3.05, 3.63) is 68.2 Å². The molecule has 0 atom stereocenters. The van der Waals surface area contributed by atoms with Gasteiger partial charge in [0.05, 0.1) is 33.7 Å². The van der Waals surface area contributed by atoms with Crippen LogP contribution in [0, 0.1) is 21.4 Å². The van der Waals surface area contributed by atoms with E-state index in [9.17, 15) is 34.9 Å². The van der Waals surface area contributed by atoms with E-state index in [-0.39, 0.29) is 39.8 Å². The van der Waals surface area contributed by atoms with Crippen molar-refractivity contribution in [1.29, 1.82) is 5.26 Å². The molecule has 3 rings (SSSR count). The van der Waals surface area contributed by atoms with Gasteiger partial charge in [0, 0.05) is 25.7 Å². The fraction of sp³-hybridized carbons (Fsp3) is 0.200. The lowest BCUT2D eigenvalue weighted by Gasteiger charge is -2.14. The summed E-state index contributed by atoms with van der Waals surface area (Å²) < 4.78 is 16.1. The number of aromatic carboxylic acids is 1. The Hall–Kier alpha value is -5.49. The molecule has 0 aliphatic carbocycles. The van der Waals surface area contributed by atoms with Crippen LogP contribution in [0.25, 0.3) is 0 Å². The Morgan fingerprint density at radius 1 is 1.15 bits per heavy atom. The molecule has 0 radical (unpaired) electrons. The summed E-state index contributed by atoms with van der Waals surface area (Å²) in [5.74, 6) is -4.33. The van der Waals surface area contributed by atoms with Gasteiger partial charge in [-0.15, -0.1) is 0 Å². The predicted octanol–water partition coefficient (Wildman–Crippen LogP) is 3.87. The monoisotopic (exact) mass is 584 g/mol. The zero-order chi connectivity index (χ0) is 30.3. The molecule has 0 spiro atoms. The molecule has 0 bridgehead atoms. The third kappa shape index (κ3) is 7.55. The van der Waals surface area contributed by atoms with E-state index < -0.39 is 52.7 Å². The summed E-state index contributed by atoms with van der Waals surface area (Å²) in [6.45, 7) is 1.09. The number of benzene rings is 2. The number of carboxylic acid groups (broad SMARTS) is 1. The maximum Gasteiger partial charge on any atom is 0.373 e. The SMILES string of the molecule is CCOC(=O)CNc1nc(Oc2cc(C#N)ccc2Cl)nc(Oc2cc(C(=O)O)cc(C(=O)N(C)C)c2)c1[N+](=O)[O-]. The first-order valence-electron chi connectivity index (χ1n) is 11.5. The van der Waals surface area contributed by atoms with Crippen molar-refractivity contribution in [1.82, 2.24) is 14.9 Å². The molecule has 2 N–H and O–H groups in total. The number of carbonyl (C=O) groups excluding carboxylic acids is 2. The average Bonchev–Trinajstić information content (AvgIpc) is 2.92. The molecule has 0 aliphatic heterocycles. The van der Waals surface area contributed by atoms with Gasteiger partial charge in [-0.1, -0.05) is 11.6 Å². The molecule has 0 aliphatic rings. The van der Waals surface area contributed by atoms with Crippen molar-refractivity contribution in [3.63, 3.8) is 0 Å². The van der Waals surface area contributed by atoms with Crippen LogP contribution in [-0.2, 0) is 9.53 Å². The van der Waals surface area contributed by atoms with Crippen LogP contribution in [0.2, 0.25) is 5.02 Å². The van der Waals surface area contributed by atoms with E-state index in [0.29, 0.717) is 0 Å². The van der Waals surface area contributed by atoms with Crippen LogP contribution in [0.1, 0.15) is 33.2 Å². The quantitative estimate of drug-likeness (QED) is 0.186. The first-order valence-corrected chi connectivity index (χ1v) is 11.9. The summed E-state index contributed by atoms with van der Waals surface area (Å²) in [7, 11) is 2.90. The number of ether oxygens (including phenoxy) is 3. The van der Waals surface area contributed by atoms with Gasteiger partial charge in [-0.3, -0.25) is 19.7 Å². The lowest BCUT2D eigenvalue weighted by molar-refractivity contribution is -0.385. The second kappa shape index (κ2) is 13.0. The summed E-state index contributed by atoms with van der Waals surface area (Å²) in [4.78, 5) is 56.5. The second-order valence-electron chi connectivity index (χ2n) is 8.14. The van der Waals surface area contributed by atoms with Gasteiger partial charge in [0.1, 0.15) is 12.3 Å². The summed E-state index contributed by atoms with van der Waals surface area (Å²) in [5.41, 5.74) is -1.10. The van der Waals surface area contributed by atoms with Crippen LogP contribution < -0.4 is 14.8 Å². The minimum atomic E-state index is -1.40. The van der Waals surface area contributed by atoms with Crippen LogP contribution in [0.4, 0.5) is 11.5 Å². The maximum atomic E-state index is 12.5. The summed E-state index contributed by atoms with van der Waals surface area (Å²) >= 11 is 6.15. The normalized spacial score (nSPS) is 10.2. The van der Waals surface area contributed by atoms with E-state index in [2.05, 4.69) is 15.3 Å². The predicted molar refractivity (Wildman–Crippen MR) is 142 cm³/mol.